The monoisotopic (exact) mass is 302 g/mol. The van der Waals surface area contributed by atoms with Gasteiger partial charge in [0.1, 0.15) is 16.4 Å². The summed E-state index contributed by atoms with van der Waals surface area (Å²) in [6.07, 6.45) is 1.46. The van der Waals surface area contributed by atoms with E-state index in [4.69, 9.17) is 5.11 Å². The van der Waals surface area contributed by atoms with Crippen molar-refractivity contribution in [3.8, 4) is 0 Å². The molecule has 2 aromatic heterocycles. The Labute approximate surface area is 112 Å². The van der Waals surface area contributed by atoms with Crippen LogP contribution in [0, 0.1) is 0 Å². The molecule has 2 N–H and O–H groups in total. The number of thiophene rings is 1. The van der Waals surface area contributed by atoms with Crippen molar-refractivity contribution in [3.63, 3.8) is 0 Å². The first-order valence-corrected chi connectivity index (χ1v) is 7.41. The maximum Gasteiger partial charge on any atom is 0.336 e. The molecule has 19 heavy (non-hydrogen) atoms. The molecule has 0 bridgehead atoms. The molecule has 0 aliphatic carbocycles. The lowest BCUT2D eigenvalue weighted by Gasteiger charge is -2.03. The highest BCUT2D eigenvalue weighted by Gasteiger charge is 2.19. The van der Waals surface area contributed by atoms with E-state index in [9.17, 15) is 13.2 Å². The first-order valence-electron chi connectivity index (χ1n) is 5.04. The molecule has 2 rings (SSSR count). The molecule has 0 aromatic carbocycles. The van der Waals surface area contributed by atoms with Gasteiger partial charge in [0.25, 0.3) is 0 Å². The quantitative estimate of drug-likeness (QED) is 0.807. The summed E-state index contributed by atoms with van der Waals surface area (Å²) in [5.74, 6) is -0.704. The van der Waals surface area contributed by atoms with E-state index in [1.807, 2.05) is 0 Å². The number of nitrogens with zero attached hydrogens (tertiary/aromatic N) is 3. The van der Waals surface area contributed by atoms with Crippen LogP contribution in [0.3, 0.4) is 0 Å². The predicted octanol–water partition coefficient (Wildman–Crippen LogP) is 0.0533. The topological polar surface area (TPSA) is 114 Å². The van der Waals surface area contributed by atoms with Gasteiger partial charge in [-0.25, -0.2) is 17.9 Å². The number of nitrogens with one attached hydrogen (secondary N) is 1. The second-order valence-corrected chi connectivity index (χ2v) is 6.55. The summed E-state index contributed by atoms with van der Waals surface area (Å²) in [7, 11) is -2.05. The van der Waals surface area contributed by atoms with Gasteiger partial charge < -0.3 is 9.67 Å². The minimum absolute atomic E-state index is 0.0147. The van der Waals surface area contributed by atoms with Crippen molar-refractivity contribution in [2.75, 3.05) is 0 Å². The second kappa shape index (κ2) is 5.07. The molecule has 0 radical (unpaired) electrons. The molecule has 10 heteroatoms. The van der Waals surface area contributed by atoms with Crippen molar-refractivity contribution in [2.45, 2.75) is 10.8 Å². The van der Waals surface area contributed by atoms with Gasteiger partial charge in [0.15, 0.2) is 0 Å². The Morgan fingerprint density at radius 3 is 2.84 bits per heavy atom. The van der Waals surface area contributed by atoms with Gasteiger partial charge in [-0.15, -0.1) is 21.5 Å². The smallest absolute Gasteiger partial charge is 0.336 e. The van der Waals surface area contributed by atoms with Gasteiger partial charge in [0, 0.05) is 12.4 Å². The number of carboxylic acids is 1. The fourth-order valence-corrected chi connectivity index (χ4v) is 3.45. The van der Waals surface area contributed by atoms with Gasteiger partial charge >= 0.3 is 5.97 Å². The van der Waals surface area contributed by atoms with Crippen molar-refractivity contribution in [2.24, 2.45) is 7.05 Å². The lowest BCUT2D eigenvalue weighted by Crippen LogP contribution is -2.24. The predicted molar refractivity (Wildman–Crippen MR) is 66.3 cm³/mol. The second-order valence-electron chi connectivity index (χ2n) is 3.64. The number of rotatable bonds is 5. The molecule has 0 saturated heterocycles. The zero-order chi connectivity index (χ0) is 14.0. The zero-order valence-electron chi connectivity index (χ0n) is 9.77. The highest BCUT2D eigenvalue weighted by atomic mass is 32.2. The molecule has 0 atom stereocenters. The van der Waals surface area contributed by atoms with Crippen LogP contribution in [-0.2, 0) is 23.6 Å². The molecule has 0 spiro atoms. The molecular weight excluding hydrogens is 292 g/mol. The summed E-state index contributed by atoms with van der Waals surface area (Å²) >= 11 is 0.852. The number of aromatic carboxylic acids is 1. The van der Waals surface area contributed by atoms with E-state index < -0.39 is 16.0 Å². The third-order valence-electron chi connectivity index (χ3n) is 2.31. The highest BCUT2D eigenvalue weighted by molar-refractivity contribution is 7.91. The van der Waals surface area contributed by atoms with Gasteiger partial charge in [0.2, 0.25) is 10.0 Å². The van der Waals surface area contributed by atoms with Crippen LogP contribution in [0.4, 0.5) is 0 Å². The Morgan fingerprint density at radius 2 is 2.32 bits per heavy atom. The summed E-state index contributed by atoms with van der Waals surface area (Å²) in [6.45, 7) is -0.0147. The standard InChI is InChI=1S/C9H10N4O4S2/c1-13-5-10-12-7(13)3-11-19(16,17)8-2-6(4-18-8)9(14)15/h2,4-5,11H,3H2,1H3,(H,14,15). The van der Waals surface area contributed by atoms with Crippen molar-refractivity contribution < 1.29 is 18.3 Å². The van der Waals surface area contributed by atoms with Gasteiger partial charge in [-0.3, -0.25) is 0 Å². The Hall–Kier alpha value is -1.78. The Kier molecular flexibility index (Phi) is 3.64. The third-order valence-corrected chi connectivity index (χ3v) is 5.15. The first kappa shape index (κ1) is 13.6. The van der Waals surface area contributed by atoms with E-state index >= 15 is 0 Å². The SMILES string of the molecule is Cn1cnnc1CNS(=O)(=O)c1cc(C(=O)O)cs1. The lowest BCUT2D eigenvalue weighted by molar-refractivity contribution is 0.0697. The van der Waals surface area contributed by atoms with Crippen LogP contribution in [0.2, 0.25) is 0 Å². The van der Waals surface area contributed by atoms with Gasteiger partial charge in [-0.05, 0) is 6.07 Å². The van der Waals surface area contributed by atoms with Crippen molar-refractivity contribution in [1.29, 1.82) is 0 Å². The largest absolute Gasteiger partial charge is 0.478 e. The zero-order valence-corrected chi connectivity index (χ0v) is 11.4. The van der Waals surface area contributed by atoms with E-state index in [-0.39, 0.29) is 16.3 Å². The van der Waals surface area contributed by atoms with Crippen LogP contribution in [0.15, 0.2) is 22.0 Å². The van der Waals surface area contributed by atoms with Gasteiger partial charge in [-0.1, -0.05) is 0 Å². The molecule has 0 aliphatic heterocycles. The Balaban J connectivity index is 2.14. The third kappa shape index (κ3) is 2.97. The number of aromatic nitrogens is 3. The molecule has 0 saturated carbocycles. The van der Waals surface area contributed by atoms with Crippen molar-refractivity contribution >= 4 is 27.3 Å². The maximum atomic E-state index is 11.9. The fraction of sp³-hybridized carbons (Fsp3) is 0.222. The average molecular weight is 302 g/mol. The van der Waals surface area contributed by atoms with Crippen LogP contribution >= 0.6 is 11.3 Å². The molecule has 2 aromatic rings. The Morgan fingerprint density at radius 1 is 1.58 bits per heavy atom. The molecule has 0 unspecified atom stereocenters. The van der Waals surface area contributed by atoms with Crippen LogP contribution in [0.5, 0.6) is 0 Å². The number of carbonyl (C=O) groups is 1. The maximum absolute atomic E-state index is 11.9. The minimum atomic E-state index is -3.74. The van der Waals surface area contributed by atoms with E-state index in [0.717, 1.165) is 17.4 Å². The number of hydrogen-bond acceptors (Lipinski definition) is 6. The summed E-state index contributed by atoms with van der Waals surface area (Å²) in [5.41, 5.74) is -0.0518. The van der Waals surface area contributed by atoms with Gasteiger partial charge in [0.05, 0.1) is 12.1 Å². The summed E-state index contributed by atoms with van der Waals surface area (Å²) in [4.78, 5) is 10.7. The Bertz CT molecular complexity index is 703. The lowest BCUT2D eigenvalue weighted by atomic mass is 10.4. The summed E-state index contributed by atoms with van der Waals surface area (Å²) < 4.78 is 27.7. The van der Waals surface area contributed by atoms with E-state index in [1.165, 1.54) is 11.7 Å². The molecule has 0 fully saturated rings. The molecule has 8 nitrogen and oxygen atoms in total. The molecule has 0 aliphatic rings. The number of aryl methyl sites for hydroxylation is 1. The molecular formula is C9H10N4O4S2. The van der Waals surface area contributed by atoms with E-state index in [0.29, 0.717) is 5.82 Å². The summed E-state index contributed by atoms with van der Waals surface area (Å²) in [6, 6.07) is 1.12. The van der Waals surface area contributed by atoms with Crippen LogP contribution in [0.25, 0.3) is 0 Å². The molecule has 0 amide bonds. The van der Waals surface area contributed by atoms with Gasteiger partial charge in [-0.2, -0.15) is 0 Å². The highest BCUT2D eigenvalue weighted by Crippen LogP contribution is 2.20. The molecule has 2 heterocycles. The van der Waals surface area contributed by atoms with Crippen LogP contribution in [0.1, 0.15) is 16.2 Å². The first-order chi connectivity index (χ1) is 8.90. The van der Waals surface area contributed by atoms with Crippen molar-refractivity contribution in [1.82, 2.24) is 19.5 Å². The van der Waals surface area contributed by atoms with Crippen molar-refractivity contribution in [3.05, 3.63) is 29.2 Å². The summed E-state index contributed by atoms with van der Waals surface area (Å²) in [5, 5.41) is 17.4. The fourth-order valence-electron chi connectivity index (χ4n) is 1.27. The number of carboxylic acid groups (broad SMARTS) is 1. The minimum Gasteiger partial charge on any atom is -0.478 e. The van der Waals surface area contributed by atoms with Crippen LogP contribution < -0.4 is 4.72 Å². The number of hydrogen-bond donors (Lipinski definition) is 2. The average Bonchev–Trinajstić information content (AvgIpc) is 2.95. The van der Waals surface area contributed by atoms with E-state index in [2.05, 4.69) is 14.9 Å². The normalized spacial score (nSPS) is 11.6. The van der Waals surface area contributed by atoms with Crippen LogP contribution in [-0.4, -0.2) is 34.3 Å². The molecule has 102 valence electrons. The number of sulfonamides is 1. The van der Waals surface area contributed by atoms with E-state index in [1.54, 1.807) is 11.6 Å².